The zero-order chi connectivity index (χ0) is 22.3. The van der Waals surface area contributed by atoms with E-state index >= 15 is 0 Å². The number of nitrogens with zero attached hydrogens (tertiary/aromatic N) is 1. The van der Waals surface area contributed by atoms with Crippen LogP contribution in [0.15, 0.2) is 53.4 Å². The minimum absolute atomic E-state index is 0.0435. The van der Waals surface area contributed by atoms with E-state index in [9.17, 15) is 18.0 Å². The molecule has 2 aromatic carbocycles. The molecule has 10 heteroatoms. The summed E-state index contributed by atoms with van der Waals surface area (Å²) in [6, 6.07) is 12.5. The van der Waals surface area contributed by atoms with Gasteiger partial charge < -0.3 is 18.9 Å². The summed E-state index contributed by atoms with van der Waals surface area (Å²) in [6.45, 7) is 0.722. The van der Waals surface area contributed by atoms with Gasteiger partial charge in [-0.25, -0.2) is 18.0 Å². The monoisotopic (exact) mass is 449 g/mol. The Morgan fingerprint density at radius 2 is 1.55 bits per heavy atom. The van der Waals surface area contributed by atoms with Gasteiger partial charge >= 0.3 is 11.9 Å². The lowest BCUT2D eigenvalue weighted by atomic mass is 10.2. The Morgan fingerprint density at radius 1 is 0.935 bits per heavy atom. The van der Waals surface area contributed by atoms with Crippen LogP contribution < -0.4 is 4.74 Å². The predicted octanol–water partition coefficient (Wildman–Crippen LogP) is 1.73. The van der Waals surface area contributed by atoms with Crippen LogP contribution in [0.2, 0.25) is 0 Å². The van der Waals surface area contributed by atoms with Gasteiger partial charge in [0, 0.05) is 13.1 Å². The average molecular weight is 449 g/mol. The lowest BCUT2D eigenvalue weighted by Crippen LogP contribution is -2.40. The minimum Gasteiger partial charge on any atom is -0.495 e. The molecular formula is C21H23NO8S. The highest BCUT2D eigenvalue weighted by Gasteiger charge is 2.30. The van der Waals surface area contributed by atoms with Gasteiger partial charge in [0.05, 0.1) is 31.5 Å². The number of hydrogen-bond donors (Lipinski definition) is 0. The molecule has 0 aromatic heterocycles. The molecule has 0 atom stereocenters. The van der Waals surface area contributed by atoms with Crippen LogP contribution in [-0.4, -0.2) is 71.3 Å². The molecular weight excluding hydrogens is 426 g/mol. The molecule has 1 aliphatic heterocycles. The summed E-state index contributed by atoms with van der Waals surface area (Å²) in [5.41, 5.74) is 0.434. The van der Waals surface area contributed by atoms with Gasteiger partial charge in [0.15, 0.2) is 0 Å². The Kier molecular flexibility index (Phi) is 7.61. The van der Waals surface area contributed by atoms with Crippen molar-refractivity contribution in [1.82, 2.24) is 4.31 Å². The van der Waals surface area contributed by atoms with Crippen molar-refractivity contribution in [3.63, 3.8) is 0 Å². The lowest BCUT2D eigenvalue weighted by Gasteiger charge is -2.26. The molecule has 0 spiro atoms. The molecule has 0 radical (unpaired) electrons. The highest BCUT2D eigenvalue weighted by Crippen LogP contribution is 2.28. The molecule has 166 valence electrons. The molecule has 2 aromatic rings. The van der Waals surface area contributed by atoms with E-state index in [0.717, 1.165) is 0 Å². The molecule has 1 aliphatic rings. The summed E-state index contributed by atoms with van der Waals surface area (Å²) in [7, 11) is -2.52. The second-order valence-electron chi connectivity index (χ2n) is 6.52. The number of rotatable bonds is 8. The fourth-order valence-electron chi connectivity index (χ4n) is 2.94. The molecule has 0 bridgehead atoms. The number of carbonyl (C=O) groups excluding carboxylic acids is 2. The summed E-state index contributed by atoms with van der Waals surface area (Å²) >= 11 is 0. The Balaban J connectivity index is 1.63. The maximum atomic E-state index is 13.0. The van der Waals surface area contributed by atoms with Crippen molar-refractivity contribution in [2.75, 3.05) is 46.6 Å². The van der Waals surface area contributed by atoms with E-state index in [1.165, 1.54) is 29.6 Å². The molecule has 31 heavy (non-hydrogen) atoms. The van der Waals surface area contributed by atoms with Crippen molar-refractivity contribution >= 4 is 22.0 Å². The van der Waals surface area contributed by atoms with Crippen LogP contribution in [0, 0.1) is 0 Å². The Bertz CT molecular complexity index is 1020. The van der Waals surface area contributed by atoms with E-state index in [1.54, 1.807) is 30.3 Å². The first-order valence-electron chi connectivity index (χ1n) is 9.58. The maximum absolute atomic E-state index is 13.0. The number of morpholine rings is 1. The third-order valence-electron chi connectivity index (χ3n) is 4.55. The van der Waals surface area contributed by atoms with Gasteiger partial charge in [-0.05, 0) is 30.3 Å². The summed E-state index contributed by atoms with van der Waals surface area (Å²) in [5, 5.41) is 0. The van der Waals surface area contributed by atoms with E-state index in [-0.39, 0.29) is 42.5 Å². The molecule has 0 aliphatic carbocycles. The van der Waals surface area contributed by atoms with Crippen molar-refractivity contribution in [2.24, 2.45) is 0 Å². The van der Waals surface area contributed by atoms with Crippen LogP contribution in [0.5, 0.6) is 5.75 Å². The molecule has 9 nitrogen and oxygen atoms in total. The van der Waals surface area contributed by atoms with Crippen molar-refractivity contribution in [3.8, 4) is 5.75 Å². The number of ether oxygens (including phenoxy) is 4. The van der Waals surface area contributed by atoms with Gasteiger partial charge in [-0.2, -0.15) is 4.31 Å². The number of sulfonamides is 1. The number of methoxy groups -OCH3 is 1. The van der Waals surface area contributed by atoms with Crippen LogP contribution in [0.25, 0.3) is 0 Å². The molecule has 0 saturated carbocycles. The molecule has 1 heterocycles. The third kappa shape index (κ3) is 5.60. The highest BCUT2D eigenvalue weighted by atomic mass is 32.2. The summed E-state index contributed by atoms with van der Waals surface area (Å²) in [6.07, 6.45) is 0. The third-order valence-corrected chi connectivity index (χ3v) is 6.47. The topological polar surface area (TPSA) is 108 Å². The fraction of sp³-hybridized carbons (Fsp3) is 0.333. The van der Waals surface area contributed by atoms with Gasteiger partial charge in [-0.15, -0.1) is 0 Å². The average Bonchev–Trinajstić information content (AvgIpc) is 2.82. The van der Waals surface area contributed by atoms with Crippen molar-refractivity contribution < 1.29 is 37.0 Å². The standard InChI is InChI=1S/C21H23NO8S/c1-27-18-8-7-17(15-19(18)31(25,26)22-9-11-28-12-10-22)21(24)30-14-13-29-20(23)16-5-3-2-4-6-16/h2-8,15H,9-14H2,1H3. The first kappa shape index (κ1) is 22.7. The smallest absolute Gasteiger partial charge is 0.338 e. The van der Waals surface area contributed by atoms with E-state index < -0.39 is 22.0 Å². The van der Waals surface area contributed by atoms with Gasteiger partial charge in [0.25, 0.3) is 0 Å². The quantitative estimate of drug-likeness (QED) is 0.443. The fourth-order valence-corrected chi connectivity index (χ4v) is 4.53. The van der Waals surface area contributed by atoms with E-state index in [2.05, 4.69) is 0 Å². The van der Waals surface area contributed by atoms with Gasteiger partial charge in [-0.3, -0.25) is 0 Å². The first-order chi connectivity index (χ1) is 14.9. The number of benzene rings is 2. The second-order valence-corrected chi connectivity index (χ2v) is 8.43. The molecule has 0 unspecified atom stereocenters. The van der Waals surface area contributed by atoms with Crippen LogP contribution in [0.3, 0.4) is 0 Å². The molecule has 0 amide bonds. The molecule has 1 saturated heterocycles. The maximum Gasteiger partial charge on any atom is 0.338 e. The van der Waals surface area contributed by atoms with E-state index in [4.69, 9.17) is 18.9 Å². The first-order valence-corrected chi connectivity index (χ1v) is 11.0. The number of esters is 2. The van der Waals surface area contributed by atoms with Crippen molar-refractivity contribution in [3.05, 3.63) is 59.7 Å². The van der Waals surface area contributed by atoms with Crippen molar-refractivity contribution in [1.29, 1.82) is 0 Å². The molecule has 0 N–H and O–H groups in total. The highest BCUT2D eigenvalue weighted by molar-refractivity contribution is 7.89. The van der Waals surface area contributed by atoms with E-state index in [0.29, 0.717) is 18.8 Å². The van der Waals surface area contributed by atoms with E-state index in [1.807, 2.05) is 0 Å². The Labute approximate surface area is 180 Å². The summed E-state index contributed by atoms with van der Waals surface area (Å²) < 4.78 is 47.8. The minimum atomic E-state index is -3.88. The number of hydrogen-bond acceptors (Lipinski definition) is 8. The van der Waals surface area contributed by atoms with Crippen LogP contribution >= 0.6 is 0 Å². The Hall–Kier alpha value is -2.95. The normalized spacial score (nSPS) is 14.6. The van der Waals surface area contributed by atoms with Crippen molar-refractivity contribution in [2.45, 2.75) is 4.90 Å². The second kappa shape index (κ2) is 10.4. The zero-order valence-corrected chi connectivity index (χ0v) is 17.8. The zero-order valence-electron chi connectivity index (χ0n) is 17.0. The SMILES string of the molecule is COc1ccc(C(=O)OCCOC(=O)c2ccccc2)cc1S(=O)(=O)N1CCOCC1. The Morgan fingerprint density at radius 3 is 2.16 bits per heavy atom. The largest absolute Gasteiger partial charge is 0.495 e. The summed E-state index contributed by atoms with van der Waals surface area (Å²) in [5.74, 6) is -1.14. The predicted molar refractivity (Wildman–Crippen MR) is 110 cm³/mol. The van der Waals surface area contributed by atoms with Crippen LogP contribution in [-0.2, 0) is 24.2 Å². The van der Waals surface area contributed by atoms with Gasteiger partial charge in [-0.1, -0.05) is 18.2 Å². The lowest BCUT2D eigenvalue weighted by molar-refractivity contribution is 0.0265. The van der Waals surface area contributed by atoms with Gasteiger partial charge in [0.1, 0.15) is 23.9 Å². The number of carbonyl (C=O) groups is 2. The molecule has 3 rings (SSSR count). The molecule has 1 fully saturated rings. The summed E-state index contributed by atoms with van der Waals surface area (Å²) in [4.78, 5) is 24.1. The van der Waals surface area contributed by atoms with Crippen LogP contribution in [0.4, 0.5) is 0 Å². The van der Waals surface area contributed by atoms with Gasteiger partial charge in [0.2, 0.25) is 10.0 Å². The van der Waals surface area contributed by atoms with Crippen LogP contribution in [0.1, 0.15) is 20.7 Å².